The highest BCUT2D eigenvalue weighted by Crippen LogP contribution is 2.38. The fourth-order valence-corrected chi connectivity index (χ4v) is 2.71. The molecule has 1 atom stereocenters. The number of nitrogens with zero attached hydrogens (tertiary/aromatic N) is 3. The number of imidazole rings is 1. The van der Waals surface area contributed by atoms with Crippen LogP contribution in [-0.2, 0) is 0 Å². The summed E-state index contributed by atoms with van der Waals surface area (Å²) >= 11 is 0. The summed E-state index contributed by atoms with van der Waals surface area (Å²) in [6, 6.07) is 10.3. The minimum atomic E-state index is -0.661. The molecule has 0 saturated heterocycles. The van der Waals surface area contributed by atoms with Crippen LogP contribution in [0.3, 0.4) is 0 Å². The van der Waals surface area contributed by atoms with E-state index >= 15 is 0 Å². The van der Waals surface area contributed by atoms with Gasteiger partial charge in [-0.2, -0.15) is 0 Å². The molecule has 0 spiro atoms. The van der Waals surface area contributed by atoms with E-state index in [-0.39, 0.29) is 0 Å². The van der Waals surface area contributed by atoms with Crippen molar-refractivity contribution >= 4 is 10.9 Å². The van der Waals surface area contributed by atoms with Crippen molar-refractivity contribution in [1.82, 2.24) is 14.5 Å². The Labute approximate surface area is 116 Å². The van der Waals surface area contributed by atoms with E-state index in [1.54, 1.807) is 12.4 Å². The molecule has 0 aliphatic heterocycles. The van der Waals surface area contributed by atoms with Crippen LogP contribution in [0.2, 0.25) is 0 Å². The van der Waals surface area contributed by atoms with E-state index < -0.39 is 6.10 Å². The van der Waals surface area contributed by atoms with Gasteiger partial charge in [0.1, 0.15) is 6.10 Å². The molecule has 0 radical (unpaired) electrons. The SMILES string of the molecule is OC(c1cccc2ncccc12)c1cncn1C1CC1. The molecule has 4 heteroatoms. The van der Waals surface area contributed by atoms with Crippen molar-refractivity contribution in [2.45, 2.75) is 25.0 Å². The van der Waals surface area contributed by atoms with Crippen LogP contribution in [0.15, 0.2) is 49.1 Å². The minimum absolute atomic E-state index is 0.509. The van der Waals surface area contributed by atoms with E-state index in [0.717, 1.165) is 22.2 Å². The van der Waals surface area contributed by atoms with Gasteiger partial charge < -0.3 is 9.67 Å². The van der Waals surface area contributed by atoms with E-state index in [2.05, 4.69) is 14.5 Å². The summed E-state index contributed by atoms with van der Waals surface area (Å²) in [7, 11) is 0. The molecule has 100 valence electrons. The van der Waals surface area contributed by atoms with Crippen molar-refractivity contribution in [1.29, 1.82) is 0 Å². The quantitative estimate of drug-likeness (QED) is 0.792. The number of rotatable bonds is 3. The third-order valence-electron chi connectivity index (χ3n) is 3.89. The summed E-state index contributed by atoms with van der Waals surface area (Å²) in [6.45, 7) is 0. The first-order chi connectivity index (χ1) is 9.84. The molecule has 1 saturated carbocycles. The van der Waals surface area contributed by atoms with Crippen LogP contribution < -0.4 is 0 Å². The maximum absolute atomic E-state index is 10.7. The molecule has 0 amide bonds. The van der Waals surface area contributed by atoms with E-state index in [1.807, 2.05) is 36.7 Å². The third-order valence-corrected chi connectivity index (χ3v) is 3.89. The summed E-state index contributed by atoms with van der Waals surface area (Å²) in [5, 5.41) is 11.7. The molecule has 1 aromatic carbocycles. The van der Waals surface area contributed by atoms with Gasteiger partial charge in [-0.25, -0.2) is 4.98 Å². The average molecular weight is 265 g/mol. The second-order valence-corrected chi connectivity index (χ2v) is 5.28. The van der Waals surface area contributed by atoms with Crippen molar-refractivity contribution in [2.24, 2.45) is 0 Å². The zero-order valence-electron chi connectivity index (χ0n) is 11.0. The van der Waals surface area contributed by atoms with E-state index in [1.165, 1.54) is 12.8 Å². The van der Waals surface area contributed by atoms with Gasteiger partial charge in [0.2, 0.25) is 0 Å². The van der Waals surface area contributed by atoms with E-state index in [4.69, 9.17) is 0 Å². The second kappa shape index (κ2) is 4.42. The molecule has 1 fully saturated rings. The van der Waals surface area contributed by atoms with Crippen molar-refractivity contribution in [3.05, 3.63) is 60.3 Å². The Balaban J connectivity index is 1.84. The number of fused-ring (bicyclic) bond motifs is 1. The predicted molar refractivity (Wildman–Crippen MR) is 76.3 cm³/mol. The van der Waals surface area contributed by atoms with Gasteiger partial charge >= 0.3 is 0 Å². The van der Waals surface area contributed by atoms with Crippen molar-refractivity contribution < 1.29 is 5.11 Å². The molecule has 4 nitrogen and oxygen atoms in total. The van der Waals surface area contributed by atoms with Crippen molar-refractivity contribution in [3.8, 4) is 0 Å². The van der Waals surface area contributed by atoms with Crippen molar-refractivity contribution in [2.75, 3.05) is 0 Å². The second-order valence-electron chi connectivity index (χ2n) is 5.28. The van der Waals surface area contributed by atoms with Crippen LogP contribution >= 0.6 is 0 Å². The number of pyridine rings is 1. The van der Waals surface area contributed by atoms with Gasteiger partial charge in [-0.15, -0.1) is 0 Å². The van der Waals surface area contributed by atoms with Gasteiger partial charge in [-0.1, -0.05) is 18.2 Å². The molecule has 2 aromatic heterocycles. The molecule has 4 rings (SSSR count). The lowest BCUT2D eigenvalue weighted by molar-refractivity contribution is 0.211. The van der Waals surface area contributed by atoms with Gasteiger partial charge in [-0.05, 0) is 30.5 Å². The lowest BCUT2D eigenvalue weighted by Gasteiger charge is -2.15. The van der Waals surface area contributed by atoms with Crippen molar-refractivity contribution in [3.63, 3.8) is 0 Å². The number of benzene rings is 1. The Morgan fingerprint density at radius 1 is 1.20 bits per heavy atom. The highest BCUT2D eigenvalue weighted by molar-refractivity contribution is 5.82. The number of aliphatic hydroxyl groups is 1. The molecular weight excluding hydrogens is 250 g/mol. The lowest BCUT2D eigenvalue weighted by atomic mass is 10.0. The Kier molecular flexibility index (Phi) is 2.57. The summed E-state index contributed by atoms with van der Waals surface area (Å²) in [5.41, 5.74) is 2.66. The highest BCUT2D eigenvalue weighted by atomic mass is 16.3. The number of hydrogen-bond donors (Lipinski definition) is 1. The largest absolute Gasteiger partial charge is 0.382 e. The Morgan fingerprint density at radius 3 is 2.95 bits per heavy atom. The maximum atomic E-state index is 10.7. The normalized spacial score (nSPS) is 16.4. The topological polar surface area (TPSA) is 50.9 Å². The first-order valence-corrected chi connectivity index (χ1v) is 6.88. The number of aromatic nitrogens is 3. The van der Waals surface area contributed by atoms with Crippen LogP contribution in [0.5, 0.6) is 0 Å². The maximum Gasteiger partial charge on any atom is 0.121 e. The smallest absolute Gasteiger partial charge is 0.121 e. The van der Waals surface area contributed by atoms with Gasteiger partial charge in [0.05, 0.1) is 23.7 Å². The third kappa shape index (κ3) is 1.80. The monoisotopic (exact) mass is 265 g/mol. The molecule has 1 aliphatic rings. The molecule has 1 aliphatic carbocycles. The lowest BCUT2D eigenvalue weighted by Crippen LogP contribution is -2.07. The molecule has 1 unspecified atom stereocenters. The predicted octanol–water partition coefficient (Wildman–Crippen LogP) is 2.85. The Hall–Kier alpha value is -2.20. The molecule has 0 bridgehead atoms. The summed E-state index contributed by atoms with van der Waals surface area (Å²) < 4.78 is 2.10. The van der Waals surface area contributed by atoms with Gasteiger partial charge in [0, 0.05) is 17.6 Å². The molecular formula is C16H15N3O. The minimum Gasteiger partial charge on any atom is -0.382 e. The van der Waals surface area contributed by atoms with Gasteiger partial charge in [0.25, 0.3) is 0 Å². The summed E-state index contributed by atoms with van der Waals surface area (Å²) in [4.78, 5) is 8.54. The fraction of sp³-hybridized carbons (Fsp3) is 0.250. The number of aliphatic hydroxyl groups excluding tert-OH is 1. The molecule has 20 heavy (non-hydrogen) atoms. The summed E-state index contributed by atoms with van der Waals surface area (Å²) in [6.07, 6.45) is 7.04. The van der Waals surface area contributed by atoms with Crippen LogP contribution in [0.1, 0.15) is 36.2 Å². The van der Waals surface area contributed by atoms with Crippen LogP contribution in [0, 0.1) is 0 Å². The average Bonchev–Trinajstić information content (AvgIpc) is 3.23. The first kappa shape index (κ1) is 11.6. The highest BCUT2D eigenvalue weighted by Gasteiger charge is 2.28. The Morgan fingerprint density at radius 2 is 2.10 bits per heavy atom. The zero-order chi connectivity index (χ0) is 13.5. The Bertz CT molecular complexity index is 756. The van der Waals surface area contributed by atoms with Gasteiger partial charge in [0.15, 0.2) is 0 Å². The summed E-state index contributed by atoms with van der Waals surface area (Å²) in [5.74, 6) is 0. The van der Waals surface area contributed by atoms with Crippen LogP contribution in [0.25, 0.3) is 10.9 Å². The first-order valence-electron chi connectivity index (χ1n) is 6.88. The van der Waals surface area contributed by atoms with E-state index in [9.17, 15) is 5.11 Å². The van der Waals surface area contributed by atoms with Crippen LogP contribution in [0.4, 0.5) is 0 Å². The standard InChI is InChI=1S/C16H15N3O/c20-16(15-9-17-10-19(15)11-6-7-11)13-3-1-5-14-12(13)4-2-8-18-14/h1-5,8-11,16,20H,6-7H2. The molecule has 1 N–H and O–H groups in total. The fourth-order valence-electron chi connectivity index (χ4n) is 2.71. The zero-order valence-corrected chi connectivity index (χ0v) is 11.0. The number of hydrogen-bond acceptors (Lipinski definition) is 3. The van der Waals surface area contributed by atoms with Crippen LogP contribution in [-0.4, -0.2) is 19.6 Å². The van der Waals surface area contributed by atoms with Gasteiger partial charge in [-0.3, -0.25) is 4.98 Å². The molecule has 2 heterocycles. The van der Waals surface area contributed by atoms with E-state index in [0.29, 0.717) is 6.04 Å². The molecule has 3 aromatic rings.